The molecule has 5 heteroatoms. The fourth-order valence-electron chi connectivity index (χ4n) is 1.84. The minimum atomic E-state index is -0.113. The van der Waals surface area contributed by atoms with E-state index in [9.17, 15) is 4.79 Å². The molecule has 0 bridgehead atoms. The summed E-state index contributed by atoms with van der Waals surface area (Å²) in [6.07, 6.45) is 2.03. The maximum Gasteiger partial charge on any atom is 0.257 e. The predicted octanol–water partition coefficient (Wildman–Crippen LogP) is 2.27. The number of hydrogen-bond acceptors (Lipinski definition) is 4. The van der Waals surface area contributed by atoms with E-state index in [-0.39, 0.29) is 18.6 Å². The average Bonchev–Trinajstić information content (AvgIpc) is 2.52. The predicted molar refractivity (Wildman–Crippen MR) is 83.9 cm³/mol. The Bertz CT molecular complexity index is 449. The monoisotopic (exact) mass is 294 g/mol. The number of amides is 1. The van der Waals surface area contributed by atoms with Gasteiger partial charge in [-0.1, -0.05) is 19.4 Å². The van der Waals surface area contributed by atoms with Crippen molar-refractivity contribution >= 4 is 5.91 Å². The largest absolute Gasteiger partial charge is 0.493 e. The molecule has 0 radical (unpaired) electrons. The molecule has 0 aromatic heterocycles. The van der Waals surface area contributed by atoms with Gasteiger partial charge < -0.3 is 20.1 Å². The molecule has 1 aromatic rings. The number of ether oxygens (including phenoxy) is 2. The van der Waals surface area contributed by atoms with Gasteiger partial charge in [-0.2, -0.15) is 0 Å². The lowest BCUT2D eigenvalue weighted by molar-refractivity contribution is -0.123. The zero-order chi connectivity index (χ0) is 15.7. The number of carbonyl (C=O) groups excluding carboxylic acids is 1. The van der Waals surface area contributed by atoms with Gasteiger partial charge >= 0.3 is 0 Å². The molecule has 21 heavy (non-hydrogen) atoms. The van der Waals surface area contributed by atoms with Crippen LogP contribution in [-0.2, 0) is 4.79 Å². The van der Waals surface area contributed by atoms with Crippen LogP contribution < -0.4 is 20.1 Å². The van der Waals surface area contributed by atoms with Crippen molar-refractivity contribution in [2.75, 3.05) is 27.3 Å². The molecule has 1 rings (SSSR count). The van der Waals surface area contributed by atoms with E-state index in [1.165, 1.54) is 0 Å². The molecule has 0 aliphatic heterocycles. The van der Waals surface area contributed by atoms with Gasteiger partial charge in [-0.05, 0) is 38.1 Å². The van der Waals surface area contributed by atoms with Gasteiger partial charge in [-0.3, -0.25) is 4.79 Å². The molecule has 0 heterocycles. The van der Waals surface area contributed by atoms with E-state index in [1.807, 2.05) is 25.2 Å². The first kappa shape index (κ1) is 17.3. The lowest BCUT2D eigenvalue weighted by atomic mass is 10.1. The molecule has 0 aliphatic rings. The number of nitrogens with one attached hydrogen (secondary N) is 2. The third kappa shape index (κ3) is 5.63. The first-order valence-corrected chi connectivity index (χ1v) is 7.37. The lowest BCUT2D eigenvalue weighted by Gasteiger charge is -2.15. The molecule has 0 aliphatic carbocycles. The Balaban J connectivity index is 2.60. The summed E-state index contributed by atoms with van der Waals surface area (Å²) in [4.78, 5) is 11.6. The van der Waals surface area contributed by atoms with Crippen LogP contribution in [0.1, 0.15) is 38.3 Å². The molecule has 118 valence electrons. The lowest BCUT2D eigenvalue weighted by Crippen LogP contribution is -2.29. The van der Waals surface area contributed by atoms with Crippen molar-refractivity contribution in [3.8, 4) is 11.5 Å². The van der Waals surface area contributed by atoms with Crippen LogP contribution in [0.25, 0.3) is 0 Å². The Kier molecular flexibility index (Phi) is 7.61. The molecule has 0 saturated heterocycles. The van der Waals surface area contributed by atoms with Crippen molar-refractivity contribution in [2.24, 2.45) is 0 Å². The van der Waals surface area contributed by atoms with Gasteiger partial charge in [0.1, 0.15) is 0 Å². The molecule has 1 amide bonds. The van der Waals surface area contributed by atoms with E-state index >= 15 is 0 Å². The molecule has 0 spiro atoms. The topological polar surface area (TPSA) is 59.6 Å². The zero-order valence-corrected chi connectivity index (χ0v) is 13.4. The second kappa shape index (κ2) is 9.23. The maximum atomic E-state index is 11.6. The van der Waals surface area contributed by atoms with Gasteiger partial charge in [0.05, 0.1) is 7.11 Å². The summed E-state index contributed by atoms with van der Waals surface area (Å²) < 4.78 is 10.9. The molecule has 0 saturated carbocycles. The summed E-state index contributed by atoms with van der Waals surface area (Å²) in [7, 11) is 3.50. The Morgan fingerprint density at radius 1 is 1.33 bits per heavy atom. The number of carbonyl (C=O) groups is 1. The van der Waals surface area contributed by atoms with Crippen LogP contribution in [0.2, 0.25) is 0 Å². The number of unbranched alkanes of at least 4 members (excludes halogenated alkanes) is 1. The highest BCUT2D eigenvalue weighted by molar-refractivity contribution is 5.77. The van der Waals surface area contributed by atoms with Crippen molar-refractivity contribution in [1.82, 2.24) is 10.6 Å². The smallest absolute Gasteiger partial charge is 0.257 e. The summed E-state index contributed by atoms with van der Waals surface area (Å²) in [5.74, 6) is 1.10. The van der Waals surface area contributed by atoms with Crippen molar-refractivity contribution in [2.45, 2.75) is 32.7 Å². The van der Waals surface area contributed by atoms with Gasteiger partial charge in [0.2, 0.25) is 0 Å². The van der Waals surface area contributed by atoms with E-state index in [2.05, 4.69) is 24.5 Å². The van der Waals surface area contributed by atoms with Gasteiger partial charge in [0.15, 0.2) is 18.1 Å². The van der Waals surface area contributed by atoms with Gasteiger partial charge in [-0.15, -0.1) is 0 Å². The molecule has 1 atom stereocenters. The van der Waals surface area contributed by atoms with Crippen LogP contribution >= 0.6 is 0 Å². The van der Waals surface area contributed by atoms with Gasteiger partial charge in [0, 0.05) is 12.6 Å². The molecular weight excluding hydrogens is 268 g/mol. The van der Waals surface area contributed by atoms with Crippen molar-refractivity contribution in [3.63, 3.8) is 0 Å². The number of rotatable bonds is 9. The van der Waals surface area contributed by atoms with E-state index in [4.69, 9.17) is 9.47 Å². The maximum absolute atomic E-state index is 11.6. The molecule has 1 aromatic carbocycles. The van der Waals surface area contributed by atoms with Crippen molar-refractivity contribution in [1.29, 1.82) is 0 Å². The highest BCUT2D eigenvalue weighted by Crippen LogP contribution is 2.30. The van der Waals surface area contributed by atoms with Crippen LogP contribution in [0.3, 0.4) is 0 Å². The summed E-state index contributed by atoms with van der Waals surface area (Å²) >= 11 is 0. The van der Waals surface area contributed by atoms with Crippen LogP contribution in [0.4, 0.5) is 0 Å². The van der Waals surface area contributed by atoms with E-state index in [1.54, 1.807) is 7.11 Å². The summed E-state index contributed by atoms with van der Waals surface area (Å²) in [5.41, 5.74) is 1.11. The minimum absolute atomic E-state index is 0.000994. The van der Waals surface area contributed by atoms with Crippen LogP contribution in [0.15, 0.2) is 18.2 Å². The summed E-state index contributed by atoms with van der Waals surface area (Å²) in [5, 5.41) is 5.99. The average molecular weight is 294 g/mol. The third-order valence-corrected chi connectivity index (χ3v) is 3.33. The zero-order valence-electron chi connectivity index (χ0n) is 13.4. The van der Waals surface area contributed by atoms with Crippen molar-refractivity contribution < 1.29 is 14.3 Å². The Labute approximate surface area is 127 Å². The highest BCUT2D eigenvalue weighted by atomic mass is 16.5. The molecule has 0 fully saturated rings. The van der Waals surface area contributed by atoms with Crippen LogP contribution in [0, 0.1) is 0 Å². The van der Waals surface area contributed by atoms with E-state index in [0.717, 1.165) is 18.4 Å². The van der Waals surface area contributed by atoms with Gasteiger partial charge in [-0.25, -0.2) is 0 Å². The highest BCUT2D eigenvalue weighted by Gasteiger charge is 2.10. The summed E-state index contributed by atoms with van der Waals surface area (Å²) in [6, 6.07) is 5.95. The quantitative estimate of drug-likeness (QED) is 0.686. The fraction of sp³-hybridized carbons (Fsp3) is 0.562. The molecular formula is C16H26N2O3. The molecule has 1 unspecified atom stereocenters. The van der Waals surface area contributed by atoms with E-state index in [0.29, 0.717) is 18.0 Å². The van der Waals surface area contributed by atoms with E-state index < -0.39 is 0 Å². The normalized spacial score (nSPS) is 11.8. The molecule has 5 nitrogen and oxygen atoms in total. The third-order valence-electron chi connectivity index (χ3n) is 3.33. The van der Waals surface area contributed by atoms with Crippen LogP contribution in [-0.4, -0.2) is 33.2 Å². The SMILES string of the molecule is CCCCNC(=O)COc1ccc(C(C)NC)cc1OC. The second-order valence-electron chi connectivity index (χ2n) is 4.91. The first-order valence-electron chi connectivity index (χ1n) is 7.37. The minimum Gasteiger partial charge on any atom is -0.493 e. The Morgan fingerprint density at radius 3 is 2.71 bits per heavy atom. The van der Waals surface area contributed by atoms with Gasteiger partial charge in [0.25, 0.3) is 5.91 Å². The Morgan fingerprint density at radius 2 is 2.10 bits per heavy atom. The summed E-state index contributed by atoms with van der Waals surface area (Å²) in [6.45, 7) is 4.84. The standard InChI is InChI=1S/C16H26N2O3/c1-5-6-9-18-16(19)11-21-14-8-7-13(12(2)17-3)10-15(14)20-4/h7-8,10,12,17H,5-6,9,11H2,1-4H3,(H,18,19). The molecule has 2 N–H and O–H groups in total. The number of hydrogen-bond donors (Lipinski definition) is 2. The first-order chi connectivity index (χ1) is 10.1. The van der Waals surface area contributed by atoms with Crippen LogP contribution in [0.5, 0.6) is 11.5 Å². The second-order valence-corrected chi connectivity index (χ2v) is 4.91. The number of benzene rings is 1. The fourth-order valence-corrected chi connectivity index (χ4v) is 1.84. The Hall–Kier alpha value is -1.75. The van der Waals surface area contributed by atoms with Crippen molar-refractivity contribution in [3.05, 3.63) is 23.8 Å². The number of methoxy groups -OCH3 is 1.